The highest BCUT2D eigenvalue weighted by atomic mass is 16.5. The van der Waals surface area contributed by atoms with Crippen molar-refractivity contribution in [1.82, 2.24) is 4.90 Å². The van der Waals surface area contributed by atoms with Crippen molar-refractivity contribution in [1.29, 1.82) is 5.26 Å². The first-order valence-electron chi connectivity index (χ1n) is 8.48. The van der Waals surface area contributed by atoms with Crippen LogP contribution < -0.4 is 9.47 Å². The van der Waals surface area contributed by atoms with Crippen LogP contribution in [0.3, 0.4) is 0 Å². The first-order valence-corrected chi connectivity index (χ1v) is 8.48. The number of carbonyl (C=O) groups excluding carboxylic acids is 1. The zero-order chi connectivity index (χ0) is 19.1. The number of hydrogen-bond acceptors (Lipinski definition) is 4. The summed E-state index contributed by atoms with van der Waals surface area (Å²) in [7, 11) is 3.16. The van der Waals surface area contributed by atoms with Crippen LogP contribution in [0.5, 0.6) is 11.5 Å². The summed E-state index contributed by atoms with van der Waals surface area (Å²) in [6, 6.07) is 15.0. The maximum absolute atomic E-state index is 12.8. The van der Waals surface area contributed by atoms with Crippen LogP contribution >= 0.6 is 0 Å². The van der Waals surface area contributed by atoms with Gasteiger partial charge in [0.15, 0.2) is 11.5 Å². The summed E-state index contributed by atoms with van der Waals surface area (Å²) in [5.41, 5.74) is 2.48. The fraction of sp³-hybridized carbons (Fsp3) is 0.333. The molecule has 136 valence electrons. The van der Waals surface area contributed by atoms with Gasteiger partial charge in [0.25, 0.3) is 0 Å². The summed E-state index contributed by atoms with van der Waals surface area (Å²) < 4.78 is 10.5. The molecule has 2 aromatic carbocycles. The molecule has 0 spiro atoms. The van der Waals surface area contributed by atoms with E-state index in [4.69, 9.17) is 14.7 Å². The molecule has 0 N–H and O–H groups in total. The topological polar surface area (TPSA) is 62.6 Å². The van der Waals surface area contributed by atoms with E-state index in [-0.39, 0.29) is 18.4 Å². The van der Waals surface area contributed by atoms with Gasteiger partial charge >= 0.3 is 0 Å². The van der Waals surface area contributed by atoms with Gasteiger partial charge in [0.2, 0.25) is 5.91 Å². The summed E-state index contributed by atoms with van der Waals surface area (Å²) in [6.45, 7) is 4.50. The molecule has 0 aliphatic carbocycles. The van der Waals surface area contributed by atoms with E-state index in [2.05, 4.69) is 6.07 Å². The van der Waals surface area contributed by atoms with Gasteiger partial charge in [-0.3, -0.25) is 4.79 Å². The zero-order valence-corrected chi connectivity index (χ0v) is 15.7. The second-order valence-electron chi connectivity index (χ2n) is 6.29. The van der Waals surface area contributed by atoms with Gasteiger partial charge in [0.1, 0.15) is 0 Å². The van der Waals surface area contributed by atoms with E-state index in [0.29, 0.717) is 23.6 Å². The molecule has 0 radical (unpaired) electrons. The van der Waals surface area contributed by atoms with E-state index in [9.17, 15) is 4.79 Å². The quantitative estimate of drug-likeness (QED) is 0.764. The lowest BCUT2D eigenvalue weighted by Gasteiger charge is -2.27. The van der Waals surface area contributed by atoms with Gasteiger partial charge in [0, 0.05) is 12.6 Å². The lowest BCUT2D eigenvalue weighted by atomic mass is 10.1. The third-order valence-electron chi connectivity index (χ3n) is 4.18. The molecule has 0 saturated heterocycles. The fourth-order valence-corrected chi connectivity index (χ4v) is 2.71. The molecule has 5 nitrogen and oxygen atoms in total. The Kier molecular flexibility index (Phi) is 6.62. The van der Waals surface area contributed by atoms with Crippen LogP contribution in [0.1, 0.15) is 30.5 Å². The second kappa shape index (κ2) is 8.91. The number of amides is 1. The molecule has 0 unspecified atom stereocenters. The minimum atomic E-state index is 0.0385. The highest BCUT2D eigenvalue weighted by Crippen LogP contribution is 2.28. The molecule has 1 amide bonds. The molecule has 0 aliphatic heterocycles. The van der Waals surface area contributed by atoms with Crippen LogP contribution in [-0.2, 0) is 17.8 Å². The summed E-state index contributed by atoms with van der Waals surface area (Å²) in [5.74, 6) is 1.29. The Balaban J connectivity index is 2.14. The van der Waals surface area contributed by atoms with Crippen molar-refractivity contribution in [2.24, 2.45) is 0 Å². The van der Waals surface area contributed by atoms with Crippen molar-refractivity contribution in [2.75, 3.05) is 14.2 Å². The Morgan fingerprint density at radius 2 is 1.65 bits per heavy atom. The minimum absolute atomic E-state index is 0.0385. The zero-order valence-electron chi connectivity index (χ0n) is 15.7. The first-order chi connectivity index (χ1) is 12.5. The third-order valence-corrected chi connectivity index (χ3v) is 4.18. The van der Waals surface area contributed by atoms with Crippen molar-refractivity contribution in [2.45, 2.75) is 32.9 Å². The van der Waals surface area contributed by atoms with E-state index in [1.54, 1.807) is 26.4 Å². The van der Waals surface area contributed by atoms with Crippen molar-refractivity contribution in [3.63, 3.8) is 0 Å². The molecule has 26 heavy (non-hydrogen) atoms. The Morgan fingerprint density at radius 3 is 2.19 bits per heavy atom. The van der Waals surface area contributed by atoms with Crippen LogP contribution in [-0.4, -0.2) is 31.1 Å². The van der Waals surface area contributed by atoms with Gasteiger partial charge in [-0.2, -0.15) is 5.26 Å². The van der Waals surface area contributed by atoms with E-state index < -0.39 is 0 Å². The van der Waals surface area contributed by atoms with Crippen molar-refractivity contribution in [3.8, 4) is 17.6 Å². The number of rotatable bonds is 7. The number of methoxy groups -OCH3 is 2. The number of hydrogen-bond donors (Lipinski definition) is 0. The van der Waals surface area contributed by atoms with E-state index >= 15 is 0 Å². The SMILES string of the molecule is COc1ccc(CC(=O)N(Cc2ccc(C#N)cc2)C(C)C)cc1OC. The number of carbonyl (C=O) groups is 1. The van der Waals surface area contributed by atoms with Crippen molar-refractivity contribution >= 4 is 5.91 Å². The average molecular weight is 352 g/mol. The molecular formula is C21H24N2O3. The highest BCUT2D eigenvalue weighted by Gasteiger charge is 2.18. The lowest BCUT2D eigenvalue weighted by Crippen LogP contribution is -2.37. The average Bonchev–Trinajstić information content (AvgIpc) is 2.66. The van der Waals surface area contributed by atoms with Gasteiger partial charge in [-0.1, -0.05) is 18.2 Å². The minimum Gasteiger partial charge on any atom is -0.493 e. The Bertz CT molecular complexity index is 792. The van der Waals surface area contributed by atoms with Gasteiger partial charge in [-0.25, -0.2) is 0 Å². The van der Waals surface area contributed by atoms with Crippen LogP contribution in [0.25, 0.3) is 0 Å². The van der Waals surface area contributed by atoms with Crippen LogP contribution in [0.15, 0.2) is 42.5 Å². The fourth-order valence-electron chi connectivity index (χ4n) is 2.71. The summed E-state index contributed by atoms with van der Waals surface area (Å²) in [5, 5.41) is 8.90. The van der Waals surface area contributed by atoms with Crippen LogP contribution in [0.2, 0.25) is 0 Å². The van der Waals surface area contributed by atoms with E-state index in [0.717, 1.165) is 11.1 Å². The second-order valence-corrected chi connectivity index (χ2v) is 6.29. The molecule has 0 atom stereocenters. The Labute approximate surface area is 154 Å². The number of nitriles is 1. The molecule has 0 bridgehead atoms. The summed E-state index contributed by atoms with van der Waals surface area (Å²) >= 11 is 0. The predicted molar refractivity (Wildman–Crippen MR) is 100 cm³/mol. The van der Waals surface area contributed by atoms with Crippen LogP contribution in [0, 0.1) is 11.3 Å². The Morgan fingerprint density at radius 1 is 1.04 bits per heavy atom. The maximum Gasteiger partial charge on any atom is 0.227 e. The molecule has 0 aromatic heterocycles. The standard InChI is InChI=1S/C21H24N2O3/c1-15(2)23(14-17-7-5-16(13-22)6-8-17)21(24)12-18-9-10-19(25-3)20(11-18)26-4/h5-11,15H,12,14H2,1-4H3. The van der Waals surface area contributed by atoms with E-state index in [1.807, 2.05) is 49.1 Å². The lowest BCUT2D eigenvalue weighted by molar-refractivity contribution is -0.132. The van der Waals surface area contributed by atoms with Gasteiger partial charge in [0.05, 0.1) is 32.3 Å². The molecule has 0 saturated carbocycles. The molecule has 2 aromatic rings. The largest absolute Gasteiger partial charge is 0.493 e. The monoisotopic (exact) mass is 352 g/mol. The molecule has 0 fully saturated rings. The van der Waals surface area contributed by atoms with Gasteiger partial charge in [-0.05, 0) is 49.2 Å². The smallest absolute Gasteiger partial charge is 0.227 e. The number of ether oxygens (including phenoxy) is 2. The van der Waals surface area contributed by atoms with Gasteiger partial charge < -0.3 is 14.4 Å². The van der Waals surface area contributed by atoms with Crippen molar-refractivity contribution < 1.29 is 14.3 Å². The normalized spacial score (nSPS) is 10.3. The molecule has 2 rings (SSSR count). The molecular weight excluding hydrogens is 328 g/mol. The number of nitrogens with zero attached hydrogens (tertiary/aromatic N) is 2. The first kappa shape index (κ1) is 19.3. The summed E-state index contributed by atoms with van der Waals surface area (Å²) in [6.07, 6.45) is 0.287. The highest BCUT2D eigenvalue weighted by molar-refractivity contribution is 5.79. The molecule has 0 aliphatic rings. The predicted octanol–water partition coefficient (Wildman–Crippen LogP) is 3.56. The number of benzene rings is 2. The van der Waals surface area contributed by atoms with Gasteiger partial charge in [-0.15, -0.1) is 0 Å². The molecule has 5 heteroatoms. The molecule has 0 heterocycles. The maximum atomic E-state index is 12.8. The Hall–Kier alpha value is -3.00. The van der Waals surface area contributed by atoms with Crippen LogP contribution in [0.4, 0.5) is 0 Å². The summed E-state index contributed by atoms with van der Waals surface area (Å²) in [4.78, 5) is 14.7. The van der Waals surface area contributed by atoms with Crippen molar-refractivity contribution in [3.05, 3.63) is 59.2 Å². The van der Waals surface area contributed by atoms with E-state index in [1.165, 1.54) is 0 Å². The third kappa shape index (κ3) is 4.76.